The lowest BCUT2D eigenvalue weighted by Gasteiger charge is -2.28. The smallest absolute Gasteiger partial charge is 0.138 e. The van der Waals surface area contributed by atoms with Crippen LogP contribution >= 0.6 is 0 Å². The van der Waals surface area contributed by atoms with Crippen molar-refractivity contribution in [2.45, 2.75) is 18.9 Å². The summed E-state index contributed by atoms with van der Waals surface area (Å²) in [5.74, 6) is 0.971. The minimum Gasteiger partial charge on any atom is -0.332 e. The number of benzene rings is 3. The summed E-state index contributed by atoms with van der Waals surface area (Å²) in [6, 6.07) is 33.9. The van der Waals surface area contributed by atoms with E-state index in [0.717, 1.165) is 50.3 Å². The highest BCUT2D eigenvalue weighted by molar-refractivity contribution is 6.12. The zero-order chi connectivity index (χ0) is 26.3. The number of para-hydroxylation sites is 2. The van der Waals surface area contributed by atoms with Crippen LogP contribution in [0.5, 0.6) is 0 Å². The van der Waals surface area contributed by atoms with Gasteiger partial charge in [0.1, 0.15) is 5.82 Å². The van der Waals surface area contributed by atoms with Crippen molar-refractivity contribution in [3.63, 3.8) is 0 Å². The van der Waals surface area contributed by atoms with Crippen molar-refractivity contribution in [2.24, 2.45) is 0 Å². The summed E-state index contributed by atoms with van der Waals surface area (Å²) in [6.45, 7) is 6.32. The fraction of sp³-hybridized carbons (Fsp3) is 0.0857. The quantitative estimate of drug-likeness (QED) is 0.220. The SMILES string of the molecule is C=CC1c2cnc3c4ccccc4n(-c4cc(-c5ccccc5)ccn4)c3c2N(c2ccccc2)C1/C=C\C. The van der Waals surface area contributed by atoms with E-state index in [1.807, 2.05) is 18.5 Å². The molecule has 0 saturated carbocycles. The van der Waals surface area contributed by atoms with Gasteiger partial charge in [-0.15, -0.1) is 6.58 Å². The topological polar surface area (TPSA) is 34.0 Å². The number of hydrogen-bond acceptors (Lipinski definition) is 3. The zero-order valence-electron chi connectivity index (χ0n) is 21.8. The van der Waals surface area contributed by atoms with Gasteiger partial charge in [-0.1, -0.05) is 85.0 Å². The molecule has 4 heterocycles. The lowest BCUT2D eigenvalue weighted by molar-refractivity contribution is 0.751. The van der Waals surface area contributed by atoms with Gasteiger partial charge in [0, 0.05) is 34.9 Å². The van der Waals surface area contributed by atoms with Gasteiger partial charge in [-0.3, -0.25) is 9.55 Å². The van der Waals surface area contributed by atoms with E-state index < -0.39 is 0 Å². The molecule has 1 aliphatic heterocycles. The van der Waals surface area contributed by atoms with Crippen molar-refractivity contribution in [1.82, 2.24) is 14.5 Å². The Labute approximate surface area is 228 Å². The number of rotatable bonds is 5. The van der Waals surface area contributed by atoms with Gasteiger partial charge in [0.15, 0.2) is 0 Å². The van der Waals surface area contributed by atoms with Crippen molar-refractivity contribution >= 4 is 33.3 Å². The van der Waals surface area contributed by atoms with Crippen molar-refractivity contribution in [3.8, 4) is 16.9 Å². The fourth-order valence-electron chi connectivity index (χ4n) is 6.04. The van der Waals surface area contributed by atoms with Crippen LogP contribution in [0.25, 0.3) is 38.9 Å². The molecule has 3 aromatic carbocycles. The van der Waals surface area contributed by atoms with Gasteiger partial charge in [-0.05, 0) is 48.4 Å². The lowest BCUT2D eigenvalue weighted by Crippen LogP contribution is -2.27. The van der Waals surface area contributed by atoms with Gasteiger partial charge in [-0.2, -0.15) is 0 Å². The zero-order valence-corrected chi connectivity index (χ0v) is 21.8. The third-order valence-electron chi connectivity index (χ3n) is 7.70. The average molecular weight is 505 g/mol. The normalized spacial score (nSPS) is 16.8. The molecular formula is C35H28N4. The summed E-state index contributed by atoms with van der Waals surface area (Å²) in [5, 5.41) is 1.11. The van der Waals surface area contributed by atoms with Crippen molar-refractivity contribution in [1.29, 1.82) is 0 Å². The Morgan fingerprint density at radius 1 is 0.821 bits per heavy atom. The fourth-order valence-corrected chi connectivity index (χ4v) is 6.04. The molecule has 0 aliphatic carbocycles. The summed E-state index contributed by atoms with van der Waals surface area (Å²) in [7, 11) is 0. The lowest BCUT2D eigenvalue weighted by atomic mass is 9.95. The molecule has 1 aliphatic rings. The number of allylic oxidation sites excluding steroid dienone is 1. The standard InChI is InChI=1S/C35H28N4/c1-3-13-30-27(4-2)29-23-37-33-28-18-11-12-19-31(28)39(35(33)34(29)38(30)26-16-9-6-10-17-26)32-22-25(20-21-36-32)24-14-7-5-8-15-24/h3-23,27,30H,2H2,1H3/b13-3-. The third kappa shape index (κ3) is 3.60. The molecule has 39 heavy (non-hydrogen) atoms. The first kappa shape index (κ1) is 23.2. The highest BCUT2D eigenvalue weighted by Crippen LogP contribution is 2.51. The maximum absolute atomic E-state index is 5.08. The van der Waals surface area contributed by atoms with E-state index in [2.05, 4.69) is 132 Å². The number of fused-ring (bicyclic) bond motifs is 5. The van der Waals surface area contributed by atoms with Crippen LogP contribution in [0.15, 0.2) is 134 Å². The van der Waals surface area contributed by atoms with Gasteiger partial charge in [-0.25, -0.2) is 4.98 Å². The molecule has 0 fully saturated rings. The number of nitrogens with zero attached hydrogens (tertiary/aromatic N) is 4. The first-order valence-corrected chi connectivity index (χ1v) is 13.3. The predicted molar refractivity (Wildman–Crippen MR) is 162 cm³/mol. The molecule has 0 spiro atoms. The molecule has 0 bridgehead atoms. The van der Waals surface area contributed by atoms with Gasteiger partial charge in [0.05, 0.1) is 28.3 Å². The number of aromatic nitrogens is 3. The number of hydrogen-bond donors (Lipinski definition) is 0. The van der Waals surface area contributed by atoms with Gasteiger partial charge >= 0.3 is 0 Å². The molecule has 6 aromatic rings. The van der Waals surface area contributed by atoms with E-state index in [1.165, 1.54) is 5.56 Å². The Morgan fingerprint density at radius 2 is 1.56 bits per heavy atom. The van der Waals surface area contributed by atoms with E-state index in [1.54, 1.807) is 0 Å². The molecule has 0 radical (unpaired) electrons. The highest BCUT2D eigenvalue weighted by Gasteiger charge is 2.39. The van der Waals surface area contributed by atoms with Crippen LogP contribution in [0.4, 0.5) is 11.4 Å². The summed E-state index contributed by atoms with van der Waals surface area (Å²) < 4.78 is 2.29. The Balaban J connectivity index is 1.59. The van der Waals surface area contributed by atoms with Crippen LogP contribution < -0.4 is 4.90 Å². The molecule has 4 heteroatoms. The molecule has 2 atom stereocenters. The van der Waals surface area contributed by atoms with Crippen LogP contribution in [0.1, 0.15) is 18.4 Å². The Hall–Kier alpha value is -4.96. The number of anilines is 2. The van der Waals surface area contributed by atoms with Crippen LogP contribution in [-0.4, -0.2) is 20.6 Å². The molecule has 188 valence electrons. The highest BCUT2D eigenvalue weighted by atomic mass is 15.2. The first-order valence-electron chi connectivity index (χ1n) is 13.3. The predicted octanol–water partition coefficient (Wildman–Crippen LogP) is 8.61. The largest absolute Gasteiger partial charge is 0.332 e. The molecule has 3 aromatic heterocycles. The van der Waals surface area contributed by atoms with Crippen LogP contribution in [-0.2, 0) is 0 Å². The van der Waals surface area contributed by atoms with Crippen LogP contribution in [0.2, 0.25) is 0 Å². The van der Waals surface area contributed by atoms with Crippen molar-refractivity contribution in [3.05, 3.63) is 140 Å². The average Bonchev–Trinajstić information content (AvgIpc) is 3.50. The third-order valence-corrected chi connectivity index (χ3v) is 7.70. The maximum atomic E-state index is 5.08. The minimum atomic E-state index is 0.0902. The van der Waals surface area contributed by atoms with E-state index in [9.17, 15) is 0 Å². The molecule has 0 amide bonds. The van der Waals surface area contributed by atoms with Crippen molar-refractivity contribution in [2.75, 3.05) is 4.90 Å². The van der Waals surface area contributed by atoms with E-state index in [4.69, 9.17) is 9.97 Å². The van der Waals surface area contributed by atoms with Gasteiger partial charge in [0.25, 0.3) is 0 Å². The maximum Gasteiger partial charge on any atom is 0.138 e. The Bertz CT molecular complexity index is 1850. The summed E-state index contributed by atoms with van der Waals surface area (Å²) in [5.41, 5.74) is 8.88. The van der Waals surface area contributed by atoms with Gasteiger partial charge < -0.3 is 4.90 Å². The van der Waals surface area contributed by atoms with E-state index in [0.29, 0.717) is 0 Å². The summed E-state index contributed by atoms with van der Waals surface area (Å²) >= 11 is 0. The number of pyridine rings is 2. The minimum absolute atomic E-state index is 0.0902. The van der Waals surface area contributed by atoms with E-state index in [-0.39, 0.29) is 12.0 Å². The van der Waals surface area contributed by atoms with Crippen molar-refractivity contribution < 1.29 is 0 Å². The molecule has 0 saturated heterocycles. The summed E-state index contributed by atoms with van der Waals surface area (Å²) in [6.07, 6.45) is 10.4. The summed E-state index contributed by atoms with van der Waals surface area (Å²) in [4.78, 5) is 12.4. The first-order chi connectivity index (χ1) is 19.3. The Morgan fingerprint density at radius 3 is 2.33 bits per heavy atom. The Kier molecular flexibility index (Phi) is 5.59. The second-order valence-electron chi connectivity index (χ2n) is 9.86. The molecule has 2 unspecified atom stereocenters. The molecule has 7 rings (SSSR count). The second-order valence-corrected chi connectivity index (χ2v) is 9.86. The van der Waals surface area contributed by atoms with Crippen LogP contribution in [0.3, 0.4) is 0 Å². The molecule has 0 N–H and O–H groups in total. The molecule has 4 nitrogen and oxygen atoms in total. The molecular weight excluding hydrogens is 476 g/mol. The van der Waals surface area contributed by atoms with Crippen LogP contribution in [0, 0.1) is 0 Å². The van der Waals surface area contributed by atoms with Gasteiger partial charge in [0.2, 0.25) is 0 Å². The monoisotopic (exact) mass is 504 g/mol. The van der Waals surface area contributed by atoms with E-state index >= 15 is 0 Å². The second kappa shape index (κ2) is 9.41.